The molecule has 1 unspecified atom stereocenters. The van der Waals surface area contributed by atoms with Crippen molar-refractivity contribution in [3.63, 3.8) is 0 Å². The molecule has 0 aliphatic carbocycles. The summed E-state index contributed by atoms with van der Waals surface area (Å²) >= 11 is 0. The zero-order valence-corrected chi connectivity index (χ0v) is 15.5. The van der Waals surface area contributed by atoms with Crippen LogP contribution < -0.4 is 10.1 Å². The van der Waals surface area contributed by atoms with E-state index in [-0.39, 0.29) is 17.2 Å². The van der Waals surface area contributed by atoms with Gasteiger partial charge in [0.2, 0.25) is 5.91 Å². The number of methoxy groups -OCH3 is 1. The quantitative estimate of drug-likeness (QED) is 0.801. The number of nitrogens with one attached hydrogen (secondary N) is 1. The van der Waals surface area contributed by atoms with E-state index in [1.165, 1.54) is 5.56 Å². The van der Waals surface area contributed by atoms with Crippen molar-refractivity contribution >= 4 is 5.91 Å². The Kier molecular flexibility index (Phi) is 7.56. The number of amides is 1. The Morgan fingerprint density at radius 2 is 1.87 bits per heavy atom. The molecule has 23 heavy (non-hydrogen) atoms. The molecular weight excluding hydrogens is 288 g/mol. The topological polar surface area (TPSA) is 41.6 Å². The fourth-order valence-corrected chi connectivity index (χ4v) is 2.60. The summed E-state index contributed by atoms with van der Waals surface area (Å²) in [6.07, 6.45) is 0.859. The van der Waals surface area contributed by atoms with Crippen molar-refractivity contribution in [2.24, 2.45) is 11.3 Å². The monoisotopic (exact) mass is 320 g/mol. The van der Waals surface area contributed by atoms with Crippen molar-refractivity contribution in [1.29, 1.82) is 0 Å². The molecule has 4 nitrogen and oxygen atoms in total. The smallest absolute Gasteiger partial charge is 0.226 e. The zero-order chi connectivity index (χ0) is 17.5. The van der Waals surface area contributed by atoms with Crippen molar-refractivity contribution in [3.05, 3.63) is 29.8 Å². The number of hydrogen-bond acceptors (Lipinski definition) is 3. The van der Waals surface area contributed by atoms with Gasteiger partial charge < -0.3 is 15.0 Å². The van der Waals surface area contributed by atoms with Crippen LogP contribution in [0.15, 0.2) is 24.3 Å². The first-order valence-corrected chi connectivity index (χ1v) is 8.33. The Balaban J connectivity index is 2.73. The molecule has 1 rings (SSSR count). The molecule has 1 aromatic carbocycles. The number of benzene rings is 1. The van der Waals surface area contributed by atoms with Crippen LogP contribution in [-0.2, 0) is 11.2 Å². The van der Waals surface area contributed by atoms with Gasteiger partial charge in [-0.1, -0.05) is 39.8 Å². The molecule has 130 valence electrons. The highest BCUT2D eigenvalue weighted by Gasteiger charge is 2.24. The fourth-order valence-electron chi connectivity index (χ4n) is 2.60. The van der Waals surface area contributed by atoms with Crippen LogP contribution in [0.4, 0.5) is 0 Å². The van der Waals surface area contributed by atoms with Crippen LogP contribution in [0, 0.1) is 11.3 Å². The summed E-state index contributed by atoms with van der Waals surface area (Å²) in [6, 6.07) is 8.06. The lowest BCUT2D eigenvalue weighted by Gasteiger charge is -2.32. The van der Waals surface area contributed by atoms with Crippen LogP contribution in [-0.4, -0.2) is 44.6 Å². The zero-order valence-electron chi connectivity index (χ0n) is 15.5. The average molecular weight is 320 g/mol. The summed E-state index contributed by atoms with van der Waals surface area (Å²) < 4.78 is 5.19. The molecule has 0 heterocycles. The molecule has 0 radical (unpaired) electrons. The first-order chi connectivity index (χ1) is 10.8. The number of carbonyl (C=O) groups excluding carboxylic acids is 1. The van der Waals surface area contributed by atoms with E-state index in [9.17, 15) is 4.79 Å². The highest BCUT2D eigenvalue weighted by atomic mass is 16.5. The van der Waals surface area contributed by atoms with Crippen molar-refractivity contribution in [2.75, 3.05) is 33.8 Å². The maximum absolute atomic E-state index is 12.7. The van der Waals surface area contributed by atoms with Crippen LogP contribution >= 0.6 is 0 Å². The lowest BCUT2D eigenvalue weighted by Crippen LogP contribution is -2.43. The van der Waals surface area contributed by atoms with E-state index in [0.717, 1.165) is 25.3 Å². The number of hydrogen-bond donors (Lipinski definition) is 1. The maximum Gasteiger partial charge on any atom is 0.226 e. The molecule has 0 aliphatic heterocycles. The highest BCUT2D eigenvalue weighted by molar-refractivity contribution is 5.78. The number of rotatable bonds is 8. The summed E-state index contributed by atoms with van der Waals surface area (Å²) in [5.41, 5.74) is 1.31. The first kappa shape index (κ1) is 19.5. The van der Waals surface area contributed by atoms with Crippen LogP contribution in [0.3, 0.4) is 0 Å². The van der Waals surface area contributed by atoms with Gasteiger partial charge in [0.15, 0.2) is 0 Å². The van der Waals surface area contributed by atoms with Gasteiger partial charge in [0.25, 0.3) is 0 Å². The third kappa shape index (κ3) is 7.04. The number of ether oxygens (including phenoxy) is 1. The van der Waals surface area contributed by atoms with E-state index in [0.29, 0.717) is 6.54 Å². The Hall–Kier alpha value is -1.55. The predicted octanol–water partition coefficient (Wildman–Crippen LogP) is 2.97. The molecule has 1 N–H and O–H groups in total. The van der Waals surface area contributed by atoms with Gasteiger partial charge in [-0.2, -0.15) is 0 Å². The third-order valence-electron chi connectivity index (χ3n) is 3.74. The van der Waals surface area contributed by atoms with Crippen LogP contribution in [0.5, 0.6) is 5.75 Å². The van der Waals surface area contributed by atoms with E-state index in [1.54, 1.807) is 7.11 Å². The SMILES string of the molecule is CNCC(C)C(=O)N(CCc1ccc(OC)cc1)CC(C)(C)C. The summed E-state index contributed by atoms with van der Waals surface area (Å²) in [7, 11) is 3.55. The van der Waals surface area contributed by atoms with Crippen molar-refractivity contribution in [2.45, 2.75) is 34.1 Å². The summed E-state index contributed by atoms with van der Waals surface area (Å²) in [5.74, 6) is 1.08. The lowest BCUT2D eigenvalue weighted by atomic mass is 9.95. The molecule has 1 amide bonds. The molecule has 0 aliphatic rings. The normalized spacial score (nSPS) is 12.8. The molecular formula is C19H32N2O2. The van der Waals surface area contributed by atoms with Crippen LogP contribution in [0.1, 0.15) is 33.3 Å². The van der Waals surface area contributed by atoms with Crippen molar-refractivity contribution < 1.29 is 9.53 Å². The van der Waals surface area contributed by atoms with Crippen LogP contribution in [0.2, 0.25) is 0 Å². The molecule has 0 spiro atoms. The minimum absolute atomic E-state index is 0.00165. The summed E-state index contributed by atoms with van der Waals surface area (Å²) in [4.78, 5) is 14.7. The van der Waals surface area contributed by atoms with E-state index in [2.05, 4.69) is 38.2 Å². The Morgan fingerprint density at radius 1 is 1.26 bits per heavy atom. The second kappa shape index (κ2) is 8.92. The molecule has 0 saturated carbocycles. The van der Waals surface area contributed by atoms with Gasteiger partial charge in [0, 0.05) is 25.6 Å². The van der Waals surface area contributed by atoms with Gasteiger partial charge in [0.05, 0.1) is 7.11 Å². The predicted molar refractivity (Wildman–Crippen MR) is 95.8 cm³/mol. The van der Waals surface area contributed by atoms with Gasteiger partial charge in [-0.15, -0.1) is 0 Å². The number of carbonyl (C=O) groups is 1. The summed E-state index contributed by atoms with van der Waals surface area (Å²) in [5, 5.41) is 3.09. The Morgan fingerprint density at radius 3 is 2.35 bits per heavy atom. The molecule has 1 atom stereocenters. The molecule has 4 heteroatoms. The largest absolute Gasteiger partial charge is 0.497 e. The molecule has 0 bridgehead atoms. The average Bonchev–Trinajstić information content (AvgIpc) is 2.50. The van der Waals surface area contributed by atoms with Crippen molar-refractivity contribution in [3.8, 4) is 5.75 Å². The minimum atomic E-state index is -0.00165. The molecule has 0 fully saturated rings. The van der Waals surface area contributed by atoms with E-state index in [4.69, 9.17) is 4.74 Å². The van der Waals surface area contributed by atoms with E-state index < -0.39 is 0 Å². The maximum atomic E-state index is 12.7. The second-order valence-corrected chi connectivity index (χ2v) is 7.38. The third-order valence-corrected chi connectivity index (χ3v) is 3.74. The fraction of sp³-hybridized carbons (Fsp3) is 0.632. The molecule has 0 saturated heterocycles. The van der Waals surface area contributed by atoms with Crippen LogP contribution in [0.25, 0.3) is 0 Å². The Bertz CT molecular complexity index is 477. The van der Waals surface area contributed by atoms with Gasteiger partial charge in [0.1, 0.15) is 5.75 Å². The second-order valence-electron chi connectivity index (χ2n) is 7.38. The van der Waals surface area contributed by atoms with E-state index >= 15 is 0 Å². The lowest BCUT2D eigenvalue weighted by molar-refractivity contribution is -0.136. The van der Waals surface area contributed by atoms with Gasteiger partial charge in [-0.3, -0.25) is 4.79 Å². The van der Waals surface area contributed by atoms with E-state index in [1.807, 2.05) is 31.0 Å². The Labute approximate surface area is 141 Å². The van der Waals surface area contributed by atoms with Gasteiger partial charge >= 0.3 is 0 Å². The highest BCUT2D eigenvalue weighted by Crippen LogP contribution is 2.18. The minimum Gasteiger partial charge on any atom is -0.497 e. The number of nitrogens with zero attached hydrogens (tertiary/aromatic N) is 1. The molecule has 0 aromatic heterocycles. The van der Waals surface area contributed by atoms with Gasteiger partial charge in [-0.25, -0.2) is 0 Å². The van der Waals surface area contributed by atoms with Crippen molar-refractivity contribution in [1.82, 2.24) is 10.2 Å². The molecule has 1 aromatic rings. The standard InChI is InChI=1S/C19H32N2O2/c1-15(13-20-5)18(22)21(14-19(2,3)4)12-11-16-7-9-17(23-6)10-8-16/h7-10,15,20H,11-14H2,1-6H3. The van der Waals surface area contributed by atoms with Gasteiger partial charge in [-0.05, 0) is 36.6 Å². The summed E-state index contributed by atoms with van der Waals surface area (Å²) in [6.45, 7) is 10.7. The first-order valence-electron chi connectivity index (χ1n) is 8.33.